The van der Waals surface area contributed by atoms with Gasteiger partial charge in [0.15, 0.2) is 0 Å². The van der Waals surface area contributed by atoms with Gasteiger partial charge in [0.25, 0.3) is 0 Å². The quantitative estimate of drug-likeness (QED) is 0.561. The van der Waals surface area contributed by atoms with Crippen molar-refractivity contribution in [3.63, 3.8) is 0 Å². The zero-order chi connectivity index (χ0) is 10.6. The topological polar surface area (TPSA) is 0 Å². The van der Waals surface area contributed by atoms with E-state index in [9.17, 15) is 0 Å². The summed E-state index contributed by atoms with van der Waals surface area (Å²) in [5, 5.41) is 0.246. The van der Waals surface area contributed by atoms with Crippen LogP contribution in [0.4, 0.5) is 0 Å². The van der Waals surface area contributed by atoms with Crippen LogP contribution in [-0.2, 0) is 0 Å². The van der Waals surface area contributed by atoms with Crippen molar-refractivity contribution >= 4 is 11.6 Å². The van der Waals surface area contributed by atoms with Gasteiger partial charge in [-0.05, 0) is 47.3 Å². The van der Waals surface area contributed by atoms with Crippen molar-refractivity contribution in [1.29, 1.82) is 0 Å². The monoisotopic (exact) mass is 220 g/mol. The van der Waals surface area contributed by atoms with Gasteiger partial charge in [-0.25, -0.2) is 0 Å². The molecule has 3 rings (SSSR count). The summed E-state index contributed by atoms with van der Waals surface area (Å²) in [6.45, 7) is 4.65. The lowest BCUT2D eigenvalue weighted by Gasteiger charge is -2.28. The van der Waals surface area contributed by atoms with E-state index in [0.29, 0.717) is 5.92 Å². The van der Waals surface area contributed by atoms with Crippen LogP contribution in [0, 0.1) is 5.92 Å². The van der Waals surface area contributed by atoms with E-state index in [4.69, 9.17) is 11.6 Å². The Morgan fingerprint density at radius 2 is 1.87 bits per heavy atom. The van der Waals surface area contributed by atoms with Crippen molar-refractivity contribution in [2.75, 3.05) is 0 Å². The molecule has 0 amide bonds. The maximum atomic E-state index is 6.51. The number of hydrogen-bond acceptors (Lipinski definition) is 0. The van der Waals surface area contributed by atoms with E-state index in [0.717, 1.165) is 11.8 Å². The molecule has 0 bridgehead atoms. The molecule has 4 unspecified atom stereocenters. The van der Waals surface area contributed by atoms with Crippen molar-refractivity contribution in [2.45, 2.75) is 43.9 Å². The maximum Gasteiger partial charge on any atom is 0.0619 e. The molecule has 0 N–H and O–H groups in total. The Morgan fingerprint density at radius 3 is 2.67 bits per heavy atom. The molecular formula is C14H17Cl. The summed E-state index contributed by atoms with van der Waals surface area (Å²) in [7, 11) is 0. The van der Waals surface area contributed by atoms with Crippen LogP contribution < -0.4 is 0 Å². The third-order valence-electron chi connectivity index (χ3n) is 4.38. The highest BCUT2D eigenvalue weighted by molar-refractivity contribution is 6.21. The van der Waals surface area contributed by atoms with Gasteiger partial charge in [-0.1, -0.05) is 32.0 Å². The highest BCUT2D eigenvalue weighted by Gasteiger charge is 2.40. The first-order chi connectivity index (χ1) is 7.20. The Bertz CT molecular complexity index is 396. The van der Waals surface area contributed by atoms with Crippen molar-refractivity contribution < 1.29 is 0 Å². The molecule has 2 aliphatic carbocycles. The first-order valence-corrected chi connectivity index (χ1v) is 6.40. The van der Waals surface area contributed by atoms with E-state index >= 15 is 0 Å². The highest BCUT2D eigenvalue weighted by Crippen LogP contribution is 2.55. The number of rotatable bonds is 0. The number of alkyl halides is 1. The molecule has 15 heavy (non-hydrogen) atoms. The zero-order valence-electron chi connectivity index (χ0n) is 9.33. The number of benzene rings is 1. The summed E-state index contributed by atoms with van der Waals surface area (Å²) in [5.41, 5.74) is 4.58. The van der Waals surface area contributed by atoms with Crippen LogP contribution in [0.15, 0.2) is 18.2 Å². The molecule has 0 radical (unpaired) electrons. The van der Waals surface area contributed by atoms with Crippen molar-refractivity contribution in [3.05, 3.63) is 34.9 Å². The molecule has 0 spiro atoms. The van der Waals surface area contributed by atoms with E-state index in [-0.39, 0.29) is 5.38 Å². The van der Waals surface area contributed by atoms with Gasteiger partial charge in [0.2, 0.25) is 0 Å². The molecule has 0 saturated carbocycles. The van der Waals surface area contributed by atoms with Crippen LogP contribution in [0.5, 0.6) is 0 Å². The predicted octanol–water partition coefficient (Wildman–Crippen LogP) is 4.60. The molecule has 0 saturated heterocycles. The Hall–Kier alpha value is -0.490. The highest BCUT2D eigenvalue weighted by atomic mass is 35.5. The second-order valence-electron chi connectivity index (χ2n) is 5.20. The Labute approximate surface area is 96.6 Å². The first-order valence-electron chi connectivity index (χ1n) is 5.97. The van der Waals surface area contributed by atoms with E-state index in [2.05, 4.69) is 32.0 Å². The minimum atomic E-state index is 0.246. The fraction of sp³-hybridized carbons (Fsp3) is 0.571. The second-order valence-corrected chi connectivity index (χ2v) is 5.67. The molecule has 0 aliphatic heterocycles. The average molecular weight is 221 g/mol. The Balaban J connectivity index is 2.22. The van der Waals surface area contributed by atoms with Crippen molar-refractivity contribution in [1.82, 2.24) is 0 Å². The van der Waals surface area contributed by atoms with Gasteiger partial charge in [0.05, 0.1) is 5.38 Å². The number of halogens is 1. The lowest BCUT2D eigenvalue weighted by atomic mass is 9.76. The van der Waals surface area contributed by atoms with Gasteiger partial charge in [0.1, 0.15) is 0 Å². The molecule has 80 valence electrons. The molecule has 0 aromatic heterocycles. The number of hydrogen-bond donors (Lipinski definition) is 0. The van der Waals surface area contributed by atoms with Crippen LogP contribution in [-0.4, -0.2) is 0 Å². The van der Waals surface area contributed by atoms with Crippen LogP contribution in [0.1, 0.15) is 60.6 Å². The fourth-order valence-electron chi connectivity index (χ4n) is 3.44. The fourth-order valence-corrected chi connectivity index (χ4v) is 3.81. The zero-order valence-corrected chi connectivity index (χ0v) is 10.1. The molecule has 1 aromatic rings. The van der Waals surface area contributed by atoms with Gasteiger partial charge >= 0.3 is 0 Å². The van der Waals surface area contributed by atoms with E-state index < -0.39 is 0 Å². The van der Waals surface area contributed by atoms with Crippen molar-refractivity contribution in [2.24, 2.45) is 5.92 Å². The largest absolute Gasteiger partial charge is 0.117 e. The van der Waals surface area contributed by atoms with Crippen LogP contribution in [0.2, 0.25) is 0 Å². The van der Waals surface area contributed by atoms with E-state index in [1.165, 1.54) is 18.4 Å². The van der Waals surface area contributed by atoms with Gasteiger partial charge in [0, 0.05) is 0 Å². The summed E-state index contributed by atoms with van der Waals surface area (Å²) < 4.78 is 0. The SMILES string of the molecule is CC1CCC2c3c1cccc3C(Cl)C2C. The molecule has 0 fully saturated rings. The van der Waals surface area contributed by atoms with Crippen LogP contribution in [0.3, 0.4) is 0 Å². The van der Waals surface area contributed by atoms with Gasteiger partial charge < -0.3 is 0 Å². The minimum absolute atomic E-state index is 0.246. The van der Waals surface area contributed by atoms with E-state index in [1.54, 1.807) is 11.1 Å². The molecule has 0 nitrogen and oxygen atoms in total. The molecular weight excluding hydrogens is 204 g/mol. The summed E-state index contributed by atoms with van der Waals surface area (Å²) >= 11 is 6.51. The van der Waals surface area contributed by atoms with Crippen LogP contribution in [0.25, 0.3) is 0 Å². The molecule has 4 atom stereocenters. The Kier molecular flexibility index (Phi) is 2.10. The lowest BCUT2D eigenvalue weighted by molar-refractivity contribution is 0.413. The van der Waals surface area contributed by atoms with E-state index in [1.807, 2.05) is 0 Å². The van der Waals surface area contributed by atoms with Crippen molar-refractivity contribution in [3.8, 4) is 0 Å². The Morgan fingerprint density at radius 1 is 1.13 bits per heavy atom. The van der Waals surface area contributed by atoms with Gasteiger partial charge in [-0.15, -0.1) is 11.6 Å². The molecule has 2 aliphatic rings. The smallest absolute Gasteiger partial charge is 0.0619 e. The lowest BCUT2D eigenvalue weighted by Crippen LogP contribution is -2.13. The molecule has 1 heteroatoms. The average Bonchev–Trinajstić information content (AvgIpc) is 2.50. The normalized spacial score (nSPS) is 37.8. The van der Waals surface area contributed by atoms with Crippen LogP contribution >= 0.6 is 11.6 Å². The third-order valence-corrected chi connectivity index (χ3v) is 5.01. The summed E-state index contributed by atoms with van der Waals surface area (Å²) in [6, 6.07) is 6.71. The predicted molar refractivity (Wildman–Crippen MR) is 64.6 cm³/mol. The molecule has 1 aromatic carbocycles. The summed E-state index contributed by atoms with van der Waals surface area (Å²) in [6.07, 6.45) is 2.66. The third kappa shape index (κ3) is 1.21. The molecule has 0 heterocycles. The second kappa shape index (κ2) is 3.25. The standard InChI is InChI=1S/C14H17Cl/c1-8-6-7-11-9(2)14(15)12-5-3-4-10(8)13(11)12/h3-5,8-9,11,14H,6-7H2,1-2H3. The summed E-state index contributed by atoms with van der Waals surface area (Å²) in [4.78, 5) is 0. The first kappa shape index (κ1) is 9.72. The maximum absolute atomic E-state index is 6.51. The van der Waals surface area contributed by atoms with Gasteiger partial charge in [-0.2, -0.15) is 0 Å². The summed E-state index contributed by atoms with van der Waals surface area (Å²) in [5.74, 6) is 2.08. The minimum Gasteiger partial charge on any atom is -0.117 e. The van der Waals surface area contributed by atoms with Gasteiger partial charge in [-0.3, -0.25) is 0 Å².